The molecule has 2 N–H and O–H groups in total. The van der Waals surface area contributed by atoms with Gasteiger partial charge in [0.1, 0.15) is 0 Å². The molecular formula is C15H21IN4S. The Kier molecular flexibility index (Phi) is 8.29. The van der Waals surface area contributed by atoms with Gasteiger partial charge in [-0.3, -0.25) is 9.98 Å². The highest BCUT2D eigenvalue weighted by atomic mass is 127. The second kappa shape index (κ2) is 9.73. The molecule has 0 fully saturated rings. The molecule has 0 bridgehead atoms. The topological polar surface area (TPSA) is 49.3 Å². The summed E-state index contributed by atoms with van der Waals surface area (Å²) in [5.74, 6) is 0.828. The number of pyridine rings is 1. The smallest absolute Gasteiger partial charge is 0.191 e. The van der Waals surface area contributed by atoms with Gasteiger partial charge in [0, 0.05) is 36.8 Å². The zero-order chi connectivity index (χ0) is 14.2. The second-order valence-electron chi connectivity index (χ2n) is 4.45. The van der Waals surface area contributed by atoms with Gasteiger partial charge in [-0.25, -0.2) is 0 Å². The highest BCUT2D eigenvalue weighted by molar-refractivity contribution is 14.0. The number of hydrogen-bond acceptors (Lipinski definition) is 3. The number of aliphatic imine (C=N–C) groups is 1. The van der Waals surface area contributed by atoms with Crippen LogP contribution in [0.15, 0.2) is 40.8 Å². The summed E-state index contributed by atoms with van der Waals surface area (Å²) in [7, 11) is 1.79. The van der Waals surface area contributed by atoms with E-state index in [0.717, 1.165) is 31.2 Å². The van der Waals surface area contributed by atoms with Crippen molar-refractivity contribution in [1.29, 1.82) is 0 Å². The van der Waals surface area contributed by atoms with Crippen LogP contribution in [-0.4, -0.2) is 24.5 Å². The predicted octanol–water partition coefficient (Wildman–Crippen LogP) is 2.98. The van der Waals surface area contributed by atoms with E-state index < -0.39 is 0 Å². The van der Waals surface area contributed by atoms with Crippen LogP contribution in [0.25, 0.3) is 0 Å². The number of thiophene rings is 1. The van der Waals surface area contributed by atoms with Crippen LogP contribution < -0.4 is 10.6 Å². The summed E-state index contributed by atoms with van der Waals surface area (Å²) < 4.78 is 0. The first-order valence-corrected chi connectivity index (χ1v) is 7.55. The maximum absolute atomic E-state index is 4.30. The largest absolute Gasteiger partial charge is 0.356 e. The molecule has 2 aromatic heterocycles. The summed E-state index contributed by atoms with van der Waals surface area (Å²) in [6.07, 6.45) is 2.71. The van der Waals surface area contributed by atoms with Crippen molar-refractivity contribution in [2.24, 2.45) is 4.99 Å². The van der Waals surface area contributed by atoms with Crippen molar-refractivity contribution in [2.75, 3.05) is 13.6 Å². The first-order valence-electron chi connectivity index (χ1n) is 6.67. The van der Waals surface area contributed by atoms with E-state index in [1.807, 2.05) is 24.4 Å². The summed E-state index contributed by atoms with van der Waals surface area (Å²) in [5.41, 5.74) is 2.41. The molecule has 0 spiro atoms. The third-order valence-electron chi connectivity index (χ3n) is 3.01. The number of aryl methyl sites for hydroxylation is 1. The lowest BCUT2D eigenvalue weighted by Gasteiger charge is -2.11. The molecule has 2 aromatic rings. The normalized spacial score (nSPS) is 10.9. The molecule has 0 unspecified atom stereocenters. The molecule has 0 amide bonds. The highest BCUT2D eigenvalue weighted by Gasteiger charge is 2.02. The van der Waals surface area contributed by atoms with Crippen LogP contribution in [0.2, 0.25) is 0 Å². The van der Waals surface area contributed by atoms with Gasteiger partial charge in [0.05, 0.1) is 6.54 Å². The van der Waals surface area contributed by atoms with Crippen LogP contribution in [-0.2, 0) is 13.0 Å². The average Bonchev–Trinajstić information content (AvgIpc) is 2.89. The van der Waals surface area contributed by atoms with Gasteiger partial charge < -0.3 is 10.6 Å². The Balaban J connectivity index is 0.00000220. The van der Waals surface area contributed by atoms with E-state index in [1.165, 1.54) is 10.4 Å². The van der Waals surface area contributed by atoms with Crippen molar-refractivity contribution < 1.29 is 0 Å². The molecule has 0 saturated heterocycles. The fourth-order valence-corrected chi connectivity index (χ4v) is 2.67. The number of hydrogen-bond donors (Lipinski definition) is 2. The first kappa shape index (κ1) is 17.9. The minimum absolute atomic E-state index is 0. The zero-order valence-electron chi connectivity index (χ0n) is 12.3. The Morgan fingerprint density at radius 2 is 2.14 bits per heavy atom. The van der Waals surface area contributed by atoms with E-state index in [-0.39, 0.29) is 24.0 Å². The Hall–Kier alpha value is -1.15. The molecule has 2 heterocycles. The van der Waals surface area contributed by atoms with Crippen molar-refractivity contribution in [2.45, 2.75) is 19.9 Å². The molecule has 0 aliphatic carbocycles. The number of halogens is 1. The third-order valence-corrected chi connectivity index (χ3v) is 4.03. The van der Waals surface area contributed by atoms with Gasteiger partial charge in [-0.15, -0.1) is 35.3 Å². The molecule has 114 valence electrons. The fraction of sp³-hybridized carbons (Fsp3) is 0.333. The summed E-state index contributed by atoms with van der Waals surface area (Å²) >= 11 is 1.77. The predicted molar refractivity (Wildman–Crippen MR) is 101 cm³/mol. The van der Waals surface area contributed by atoms with Gasteiger partial charge in [-0.05, 0) is 36.1 Å². The van der Waals surface area contributed by atoms with Crippen molar-refractivity contribution in [3.63, 3.8) is 0 Å². The molecule has 0 aliphatic rings. The van der Waals surface area contributed by atoms with Crippen LogP contribution >= 0.6 is 35.3 Å². The number of rotatable bonds is 5. The van der Waals surface area contributed by atoms with E-state index in [2.05, 4.69) is 39.0 Å². The van der Waals surface area contributed by atoms with Crippen LogP contribution in [0, 0.1) is 6.92 Å². The first-order chi connectivity index (χ1) is 9.79. The Bertz CT molecular complexity index is 554. The lowest BCUT2D eigenvalue weighted by molar-refractivity contribution is 0.787. The Morgan fingerprint density at radius 1 is 1.29 bits per heavy atom. The van der Waals surface area contributed by atoms with E-state index in [1.54, 1.807) is 18.4 Å². The SMILES string of the molecule is CN=C(NCCc1ccccn1)NCc1sccc1C.I. The van der Waals surface area contributed by atoms with Crippen LogP contribution in [0.4, 0.5) is 0 Å². The van der Waals surface area contributed by atoms with Gasteiger partial charge in [0.25, 0.3) is 0 Å². The van der Waals surface area contributed by atoms with Gasteiger partial charge in [-0.2, -0.15) is 0 Å². The molecule has 21 heavy (non-hydrogen) atoms. The van der Waals surface area contributed by atoms with Gasteiger partial charge in [0.2, 0.25) is 0 Å². The van der Waals surface area contributed by atoms with E-state index in [0.29, 0.717) is 0 Å². The molecule has 6 heteroatoms. The van der Waals surface area contributed by atoms with Crippen LogP contribution in [0.3, 0.4) is 0 Å². The van der Waals surface area contributed by atoms with Crippen molar-refractivity contribution >= 4 is 41.3 Å². The summed E-state index contributed by atoms with van der Waals surface area (Å²) in [6, 6.07) is 8.11. The average molecular weight is 416 g/mol. The van der Waals surface area contributed by atoms with Crippen molar-refractivity contribution in [3.8, 4) is 0 Å². The minimum atomic E-state index is 0. The summed E-state index contributed by atoms with van der Waals surface area (Å²) in [4.78, 5) is 9.87. The van der Waals surface area contributed by atoms with Crippen molar-refractivity contribution in [3.05, 3.63) is 52.0 Å². The molecular weight excluding hydrogens is 395 g/mol. The standard InChI is InChI=1S/C15H20N4S.HI/c1-12-7-10-20-14(12)11-19-15(16-2)18-9-6-13-5-3-4-8-17-13;/h3-5,7-8,10H,6,9,11H2,1-2H3,(H2,16,18,19);1H. The number of nitrogens with one attached hydrogen (secondary N) is 2. The third kappa shape index (κ3) is 6.01. The Morgan fingerprint density at radius 3 is 2.76 bits per heavy atom. The molecule has 0 radical (unpaired) electrons. The molecule has 0 saturated carbocycles. The molecule has 0 aliphatic heterocycles. The Labute approximate surface area is 147 Å². The maximum Gasteiger partial charge on any atom is 0.191 e. The second-order valence-corrected chi connectivity index (χ2v) is 5.45. The molecule has 4 nitrogen and oxygen atoms in total. The van der Waals surface area contributed by atoms with Crippen LogP contribution in [0.5, 0.6) is 0 Å². The molecule has 0 atom stereocenters. The van der Waals surface area contributed by atoms with E-state index >= 15 is 0 Å². The van der Waals surface area contributed by atoms with E-state index in [9.17, 15) is 0 Å². The fourth-order valence-electron chi connectivity index (χ4n) is 1.82. The van der Waals surface area contributed by atoms with Gasteiger partial charge >= 0.3 is 0 Å². The summed E-state index contributed by atoms with van der Waals surface area (Å²) in [6.45, 7) is 3.76. The summed E-state index contributed by atoms with van der Waals surface area (Å²) in [5, 5.41) is 8.75. The lowest BCUT2D eigenvalue weighted by atomic mass is 10.3. The van der Waals surface area contributed by atoms with Crippen LogP contribution in [0.1, 0.15) is 16.1 Å². The van der Waals surface area contributed by atoms with E-state index in [4.69, 9.17) is 0 Å². The minimum Gasteiger partial charge on any atom is -0.356 e. The number of aromatic nitrogens is 1. The zero-order valence-corrected chi connectivity index (χ0v) is 15.4. The van der Waals surface area contributed by atoms with Gasteiger partial charge in [-0.1, -0.05) is 6.07 Å². The highest BCUT2D eigenvalue weighted by Crippen LogP contribution is 2.14. The molecule has 2 rings (SSSR count). The lowest BCUT2D eigenvalue weighted by Crippen LogP contribution is -2.37. The van der Waals surface area contributed by atoms with Gasteiger partial charge in [0.15, 0.2) is 5.96 Å². The van der Waals surface area contributed by atoms with Crippen molar-refractivity contribution in [1.82, 2.24) is 15.6 Å². The molecule has 0 aromatic carbocycles. The number of guanidine groups is 1. The quantitative estimate of drug-likeness (QED) is 0.448. The number of nitrogens with zero attached hydrogens (tertiary/aromatic N) is 2. The monoisotopic (exact) mass is 416 g/mol. The maximum atomic E-state index is 4.30.